The van der Waals surface area contributed by atoms with Crippen molar-refractivity contribution >= 4 is 38.9 Å². The van der Waals surface area contributed by atoms with Crippen LogP contribution in [0.3, 0.4) is 0 Å². The van der Waals surface area contributed by atoms with E-state index in [0.29, 0.717) is 0 Å². The molecule has 5 aromatic carbocycles. The first-order valence-electron chi connectivity index (χ1n) is 12.7. The molecule has 0 radical (unpaired) electrons. The van der Waals surface area contributed by atoms with Crippen molar-refractivity contribution in [1.82, 2.24) is 4.57 Å². The van der Waals surface area contributed by atoms with E-state index in [1.165, 1.54) is 50.8 Å². The minimum Gasteiger partial charge on any atom is -0.310 e. The van der Waals surface area contributed by atoms with Gasteiger partial charge in [0.05, 0.1) is 16.7 Å². The summed E-state index contributed by atoms with van der Waals surface area (Å²) in [6.45, 7) is 6.76. The molecule has 2 nitrogen and oxygen atoms in total. The number of anilines is 3. The summed E-state index contributed by atoms with van der Waals surface area (Å²) in [5.74, 6) is -0.237. The second-order valence-electron chi connectivity index (χ2n) is 10.5. The number of hydrogen-bond donors (Lipinski definition) is 0. The number of nitrogens with zero attached hydrogens (tertiary/aromatic N) is 2. The number of hydrogen-bond acceptors (Lipinski definition) is 1. The highest BCUT2D eigenvalue weighted by Crippen LogP contribution is 2.48. The molecule has 2 heterocycles. The van der Waals surface area contributed by atoms with E-state index in [1.807, 2.05) is 12.1 Å². The Kier molecular flexibility index (Phi) is 4.62. The highest BCUT2D eigenvalue weighted by Gasteiger charge is 2.34. The summed E-state index contributed by atoms with van der Waals surface area (Å²) in [7, 11) is 0. The average Bonchev–Trinajstić information content (AvgIpc) is 3.24. The molecule has 0 N–H and O–H groups in total. The van der Waals surface area contributed by atoms with Gasteiger partial charge in [-0.3, -0.25) is 0 Å². The van der Waals surface area contributed by atoms with Crippen molar-refractivity contribution in [2.24, 2.45) is 0 Å². The Labute approximate surface area is 216 Å². The van der Waals surface area contributed by atoms with Crippen LogP contribution in [0.1, 0.15) is 30.5 Å². The van der Waals surface area contributed by atoms with Gasteiger partial charge < -0.3 is 9.47 Å². The van der Waals surface area contributed by atoms with Crippen LogP contribution in [-0.4, -0.2) is 4.57 Å². The summed E-state index contributed by atoms with van der Waals surface area (Å²) >= 11 is 0. The van der Waals surface area contributed by atoms with Crippen molar-refractivity contribution in [1.29, 1.82) is 0 Å². The summed E-state index contributed by atoms with van der Waals surface area (Å²) in [6.07, 6.45) is 0. The smallest absolute Gasteiger partial charge is 0.123 e. The first kappa shape index (κ1) is 21.9. The molecule has 6 aromatic rings. The van der Waals surface area contributed by atoms with Gasteiger partial charge in [0, 0.05) is 33.2 Å². The molecule has 1 aliphatic heterocycles. The van der Waals surface area contributed by atoms with Gasteiger partial charge in [-0.1, -0.05) is 68.4 Å². The maximum Gasteiger partial charge on any atom is 0.123 e. The van der Waals surface area contributed by atoms with Crippen molar-refractivity contribution in [2.75, 3.05) is 4.90 Å². The van der Waals surface area contributed by atoms with Gasteiger partial charge in [-0.2, -0.15) is 0 Å². The molecule has 0 unspecified atom stereocenters. The third-order valence-corrected chi connectivity index (χ3v) is 7.96. The third kappa shape index (κ3) is 3.10. The van der Waals surface area contributed by atoms with Gasteiger partial charge >= 0.3 is 0 Å². The van der Waals surface area contributed by atoms with E-state index in [0.717, 1.165) is 22.6 Å². The first-order valence-corrected chi connectivity index (χ1v) is 12.7. The molecule has 1 aliphatic rings. The van der Waals surface area contributed by atoms with E-state index >= 15 is 0 Å². The van der Waals surface area contributed by atoms with Crippen LogP contribution in [0, 0.1) is 12.7 Å². The zero-order valence-electron chi connectivity index (χ0n) is 21.2. The SMILES string of the molecule is Cc1ccccc1N(c1ccc(F)cc1)c1ccc2c(c1)c1cccc3c1n2-c1ccccc1C3(C)C. The monoisotopic (exact) mass is 482 g/mol. The molecular weight excluding hydrogens is 455 g/mol. The first-order chi connectivity index (χ1) is 17.9. The Morgan fingerprint density at radius 2 is 1.38 bits per heavy atom. The Morgan fingerprint density at radius 3 is 2.19 bits per heavy atom. The van der Waals surface area contributed by atoms with Crippen LogP contribution in [0.4, 0.5) is 21.5 Å². The molecule has 0 fully saturated rings. The van der Waals surface area contributed by atoms with Gasteiger partial charge in [0.25, 0.3) is 0 Å². The molecule has 0 atom stereocenters. The Bertz CT molecular complexity index is 1830. The van der Waals surface area contributed by atoms with Gasteiger partial charge in [0.15, 0.2) is 0 Å². The Hall–Kier alpha value is -4.37. The second-order valence-corrected chi connectivity index (χ2v) is 10.5. The highest BCUT2D eigenvalue weighted by atomic mass is 19.1. The molecule has 1 aromatic heterocycles. The lowest BCUT2D eigenvalue weighted by Gasteiger charge is -2.34. The fourth-order valence-corrected chi connectivity index (χ4v) is 6.12. The highest BCUT2D eigenvalue weighted by molar-refractivity contribution is 6.12. The Morgan fingerprint density at radius 1 is 0.676 bits per heavy atom. The standard InChI is InChI=1S/C34H27FN2/c1-22-9-4-6-13-30(22)36(24-17-15-23(35)16-18-24)25-19-20-31-27(21-25)26-10-8-12-29-33(26)37(31)32-14-7-5-11-28(32)34(29,2)3/h4-21H,1-3H3. The average molecular weight is 483 g/mol. The van der Waals surface area contributed by atoms with Crippen molar-refractivity contribution in [2.45, 2.75) is 26.2 Å². The van der Waals surface area contributed by atoms with E-state index in [1.54, 1.807) is 0 Å². The number of fused-ring (bicyclic) bond motifs is 5. The van der Waals surface area contributed by atoms with Crippen molar-refractivity contribution in [3.8, 4) is 5.69 Å². The molecule has 0 saturated carbocycles. The lowest BCUT2D eigenvalue weighted by molar-refractivity contribution is 0.628. The fourth-order valence-electron chi connectivity index (χ4n) is 6.12. The molecule has 180 valence electrons. The third-order valence-electron chi connectivity index (χ3n) is 7.96. The molecule has 3 heteroatoms. The normalized spacial score (nSPS) is 13.6. The van der Waals surface area contributed by atoms with Gasteiger partial charge in [0.2, 0.25) is 0 Å². The van der Waals surface area contributed by atoms with Gasteiger partial charge in [0.1, 0.15) is 5.82 Å². The Balaban J connectivity index is 1.54. The molecule has 7 rings (SSSR count). The molecule has 0 aliphatic carbocycles. The molecule has 0 bridgehead atoms. The predicted molar refractivity (Wildman–Crippen MR) is 152 cm³/mol. The van der Waals surface area contributed by atoms with Gasteiger partial charge in [-0.15, -0.1) is 0 Å². The van der Waals surface area contributed by atoms with Crippen LogP contribution in [-0.2, 0) is 5.41 Å². The maximum absolute atomic E-state index is 13.9. The predicted octanol–water partition coefficient (Wildman–Crippen LogP) is 9.34. The number of para-hydroxylation sites is 3. The van der Waals surface area contributed by atoms with Crippen molar-refractivity contribution < 1.29 is 4.39 Å². The number of aryl methyl sites for hydroxylation is 1. The maximum atomic E-state index is 13.9. The lowest BCUT2D eigenvalue weighted by atomic mass is 9.75. The van der Waals surface area contributed by atoms with Crippen LogP contribution in [0.2, 0.25) is 0 Å². The van der Waals surface area contributed by atoms with Crippen LogP contribution < -0.4 is 4.90 Å². The molecule has 0 amide bonds. The zero-order chi connectivity index (χ0) is 25.3. The summed E-state index contributed by atoms with van der Waals surface area (Å²) in [4.78, 5) is 2.22. The zero-order valence-corrected chi connectivity index (χ0v) is 21.2. The summed E-state index contributed by atoms with van der Waals surface area (Å²) in [6, 6.07) is 37.2. The largest absolute Gasteiger partial charge is 0.310 e. The van der Waals surface area contributed by atoms with E-state index in [4.69, 9.17) is 0 Å². The fraction of sp³-hybridized carbons (Fsp3) is 0.118. The topological polar surface area (TPSA) is 8.17 Å². The van der Waals surface area contributed by atoms with E-state index in [9.17, 15) is 4.39 Å². The minimum atomic E-state index is -0.237. The number of halogens is 1. The van der Waals surface area contributed by atoms with E-state index in [-0.39, 0.29) is 11.2 Å². The number of aromatic nitrogens is 1. The van der Waals surface area contributed by atoms with Gasteiger partial charge in [-0.05, 0) is 78.2 Å². The molecule has 37 heavy (non-hydrogen) atoms. The number of benzene rings is 5. The molecule has 0 saturated heterocycles. The van der Waals surface area contributed by atoms with Crippen LogP contribution in [0.25, 0.3) is 27.5 Å². The van der Waals surface area contributed by atoms with Gasteiger partial charge in [-0.25, -0.2) is 4.39 Å². The second kappa shape index (κ2) is 7.81. The van der Waals surface area contributed by atoms with E-state index in [2.05, 4.69) is 115 Å². The quantitative estimate of drug-likeness (QED) is 0.244. The number of rotatable bonds is 3. The van der Waals surface area contributed by atoms with Crippen molar-refractivity contribution in [3.05, 3.63) is 132 Å². The summed E-state index contributed by atoms with van der Waals surface area (Å²) in [5.41, 5.74) is 10.5. The summed E-state index contributed by atoms with van der Waals surface area (Å²) in [5, 5.41) is 2.46. The van der Waals surface area contributed by atoms with Crippen LogP contribution in [0.5, 0.6) is 0 Å². The van der Waals surface area contributed by atoms with Crippen LogP contribution >= 0.6 is 0 Å². The molecular formula is C34H27FN2. The van der Waals surface area contributed by atoms with Crippen molar-refractivity contribution in [3.63, 3.8) is 0 Å². The minimum absolute atomic E-state index is 0.0927. The van der Waals surface area contributed by atoms with E-state index < -0.39 is 0 Å². The summed E-state index contributed by atoms with van der Waals surface area (Å²) < 4.78 is 16.3. The lowest BCUT2D eigenvalue weighted by Crippen LogP contribution is -2.26. The van der Waals surface area contributed by atoms with Crippen LogP contribution in [0.15, 0.2) is 109 Å². The molecule has 0 spiro atoms.